The smallest absolute Gasteiger partial charge is 0.142 e. The first-order valence-corrected chi connectivity index (χ1v) is 8.56. The Morgan fingerprint density at radius 2 is 2.10 bits per heavy atom. The molecule has 0 atom stereocenters. The molecule has 0 aliphatic rings. The van der Waals surface area contributed by atoms with Crippen LogP contribution in [0.25, 0.3) is 10.7 Å². The molecule has 0 aliphatic carbocycles. The highest BCUT2D eigenvalue weighted by molar-refractivity contribution is 7.16. The number of pyridine rings is 1. The van der Waals surface area contributed by atoms with E-state index in [2.05, 4.69) is 33.4 Å². The monoisotopic (exact) mass is 335 g/mol. The van der Waals surface area contributed by atoms with Crippen molar-refractivity contribution in [2.75, 3.05) is 7.05 Å². The van der Waals surface area contributed by atoms with E-state index in [1.165, 1.54) is 4.88 Å². The van der Waals surface area contributed by atoms with E-state index in [1.54, 1.807) is 28.9 Å². The topological polar surface area (TPSA) is 29.0 Å². The molecule has 0 amide bonds. The Labute approximate surface area is 136 Å². The summed E-state index contributed by atoms with van der Waals surface area (Å²) in [5, 5.41) is 3.07. The van der Waals surface area contributed by atoms with Crippen molar-refractivity contribution >= 4 is 34.3 Å². The molecule has 3 aromatic heterocycles. The minimum absolute atomic E-state index is 0.818. The fourth-order valence-corrected chi connectivity index (χ4v) is 3.98. The zero-order valence-electron chi connectivity index (χ0n) is 11.5. The molecule has 21 heavy (non-hydrogen) atoms. The van der Waals surface area contributed by atoms with Crippen molar-refractivity contribution in [3.8, 4) is 10.7 Å². The second kappa shape index (κ2) is 6.66. The number of thiophene rings is 1. The zero-order valence-corrected chi connectivity index (χ0v) is 13.9. The molecule has 3 nitrogen and oxygen atoms in total. The van der Waals surface area contributed by atoms with E-state index in [0.29, 0.717) is 0 Å². The van der Waals surface area contributed by atoms with E-state index in [0.717, 1.165) is 33.8 Å². The quantitative estimate of drug-likeness (QED) is 0.684. The molecule has 6 heteroatoms. The third-order valence-electron chi connectivity index (χ3n) is 2.92. The molecule has 0 fully saturated rings. The molecule has 0 saturated carbocycles. The summed E-state index contributed by atoms with van der Waals surface area (Å²) in [5.74, 6) is 0. The molecule has 0 aromatic carbocycles. The summed E-state index contributed by atoms with van der Waals surface area (Å²) in [6.45, 7) is 1.70. The number of aromatic nitrogens is 2. The molecule has 0 saturated heterocycles. The van der Waals surface area contributed by atoms with Gasteiger partial charge in [0.05, 0.1) is 15.7 Å². The normalized spacial score (nSPS) is 11.2. The van der Waals surface area contributed by atoms with Gasteiger partial charge in [-0.2, -0.15) is 0 Å². The van der Waals surface area contributed by atoms with Crippen LogP contribution in [0.5, 0.6) is 0 Å². The van der Waals surface area contributed by atoms with Crippen LogP contribution in [0.1, 0.15) is 10.6 Å². The van der Waals surface area contributed by atoms with Crippen LogP contribution < -0.4 is 0 Å². The van der Waals surface area contributed by atoms with Crippen LogP contribution >= 0.6 is 34.3 Å². The van der Waals surface area contributed by atoms with Crippen molar-refractivity contribution in [1.29, 1.82) is 0 Å². The summed E-state index contributed by atoms with van der Waals surface area (Å²) in [5.41, 5.74) is 2.01. The van der Waals surface area contributed by atoms with Gasteiger partial charge in [-0.05, 0) is 31.3 Å². The molecule has 0 N–H and O–H groups in total. The molecule has 0 aliphatic heterocycles. The minimum atomic E-state index is 0.818. The van der Waals surface area contributed by atoms with Crippen molar-refractivity contribution in [2.45, 2.75) is 13.1 Å². The number of hydrogen-bond donors (Lipinski definition) is 0. The second-order valence-electron chi connectivity index (χ2n) is 4.74. The van der Waals surface area contributed by atoms with Gasteiger partial charge < -0.3 is 0 Å². The second-order valence-corrected chi connectivity index (χ2v) is 7.39. The summed E-state index contributed by atoms with van der Waals surface area (Å²) in [4.78, 5) is 12.5. The highest BCUT2D eigenvalue weighted by Gasteiger charge is 2.09. The Balaban J connectivity index is 1.64. The Morgan fingerprint density at radius 3 is 2.81 bits per heavy atom. The maximum absolute atomic E-state index is 5.96. The van der Waals surface area contributed by atoms with Crippen LogP contribution in [-0.2, 0) is 13.1 Å². The van der Waals surface area contributed by atoms with E-state index in [-0.39, 0.29) is 0 Å². The van der Waals surface area contributed by atoms with E-state index in [9.17, 15) is 0 Å². The van der Waals surface area contributed by atoms with Crippen LogP contribution in [0.4, 0.5) is 0 Å². The fraction of sp³-hybridized carbons (Fsp3) is 0.200. The summed E-state index contributed by atoms with van der Waals surface area (Å²) in [7, 11) is 2.09. The Morgan fingerprint density at radius 1 is 1.19 bits per heavy atom. The lowest BCUT2D eigenvalue weighted by molar-refractivity contribution is 0.318. The maximum Gasteiger partial charge on any atom is 0.142 e. The standard InChI is InChI=1S/C15H14ClN3S2/c1-19(9-12-5-6-14(16)21-12)8-11-10-20-15(18-11)13-4-2-3-7-17-13/h2-7,10H,8-9H2,1H3. The maximum atomic E-state index is 5.96. The van der Waals surface area contributed by atoms with Gasteiger partial charge in [0, 0.05) is 29.5 Å². The third kappa shape index (κ3) is 3.89. The summed E-state index contributed by atoms with van der Waals surface area (Å²) in [6, 6.07) is 9.90. The molecular formula is C15H14ClN3S2. The minimum Gasteiger partial charge on any atom is -0.295 e. The summed E-state index contributed by atoms with van der Waals surface area (Å²) in [6.07, 6.45) is 1.79. The van der Waals surface area contributed by atoms with E-state index < -0.39 is 0 Å². The zero-order chi connectivity index (χ0) is 14.7. The number of thiazole rings is 1. The predicted octanol–water partition coefficient (Wildman–Crippen LogP) is 4.55. The molecule has 0 radical (unpaired) electrons. The number of nitrogens with zero attached hydrogens (tertiary/aromatic N) is 3. The lowest BCUT2D eigenvalue weighted by Gasteiger charge is -2.13. The molecule has 3 heterocycles. The van der Waals surface area contributed by atoms with Crippen molar-refractivity contribution < 1.29 is 0 Å². The molecule has 3 aromatic rings. The van der Waals surface area contributed by atoms with Gasteiger partial charge >= 0.3 is 0 Å². The number of rotatable bonds is 5. The lowest BCUT2D eigenvalue weighted by atomic mass is 10.3. The SMILES string of the molecule is CN(Cc1csc(-c2ccccn2)n1)Cc1ccc(Cl)s1. The van der Waals surface area contributed by atoms with Crippen molar-refractivity contribution in [3.05, 3.63) is 56.8 Å². The first kappa shape index (κ1) is 14.7. The van der Waals surface area contributed by atoms with Gasteiger partial charge in [0.15, 0.2) is 0 Å². The van der Waals surface area contributed by atoms with Crippen LogP contribution in [0.15, 0.2) is 41.9 Å². The lowest BCUT2D eigenvalue weighted by Crippen LogP contribution is -2.16. The third-order valence-corrected chi connectivity index (χ3v) is 5.05. The highest BCUT2D eigenvalue weighted by atomic mass is 35.5. The fourth-order valence-electron chi connectivity index (χ4n) is 2.02. The summed E-state index contributed by atoms with van der Waals surface area (Å²) < 4.78 is 0.837. The van der Waals surface area contributed by atoms with Gasteiger partial charge in [-0.25, -0.2) is 4.98 Å². The van der Waals surface area contributed by atoms with Crippen LogP contribution in [0, 0.1) is 0 Å². The summed E-state index contributed by atoms with van der Waals surface area (Å²) >= 11 is 9.22. The molecule has 0 bridgehead atoms. The average molecular weight is 336 g/mol. The van der Waals surface area contributed by atoms with E-state index in [1.807, 2.05) is 24.3 Å². The van der Waals surface area contributed by atoms with Crippen molar-refractivity contribution in [1.82, 2.24) is 14.9 Å². The van der Waals surface area contributed by atoms with Gasteiger partial charge in [0.25, 0.3) is 0 Å². The van der Waals surface area contributed by atoms with Gasteiger partial charge in [0.2, 0.25) is 0 Å². The van der Waals surface area contributed by atoms with Gasteiger partial charge in [-0.15, -0.1) is 22.7 Å². The van der Waals surface area contributed by atoms with Crippen LogP contribution in [0.2, 0.25) is 4.34 Å². The van der Waals surface area contributed by atoms with Gasteiger partial charge in [-0.1, -0.05) is 17.7 Å². The highest BCUT2D eigenvalue weighted by Crippen LogP contribution is 2.24. The predicted molar refractivity (Wildman–Crippen MR) is 89.8 cm³/mol. The molecule has 108 valence electrons. The van der Waals surface area contributed by atoms with E-state index >= 15 is 0 Å². The number of hydrogen-bond acceptors (Lipinski definition) is 5. The largest absolute Gasteiger partial charge is 0.295 e. The number of halogens is 1. The van der Waals surface area contributed by atoms with Crippen molar-refractivity contribution in [2.24, 2.45) is 0 Å². The Kier molecular flexibility index (Phi) is 4.65. The average Bonchev–Trinajstić information content (AvgIpc) is 3.09. The Bertz CT molecular complexity index is 709. The van der Waals surface area contributed by atoms with Gasteiger partial charge in [0.1, 0.15) is 5.01 Å². The molecule has 0 unspecified atom stereocenters. The molecular weight excluding hydrogens is 322 g/mol. The van der Waals surface area contributed by atoms with Crippen LogP contribution in [0.3, 0.4) is 0 Å². The van der Waals surface area contributed by atoms with Crippen LogP contribution in [-0.4, -0.2) is 21.9 Å². The van der Waals surface area contributed by atoms with Gasteiger partial charge in [-0.3, -0.25) is 9.88 Å². The first-order chi connectivity index (χ1) is 10.2. The van der Waals surface area contributed by atoms with Crippen molar-refractivity contribution in [3.63, 3.8) is 0 Å². The first-order valence-electron chi connectivity index (χ1n) is 6.49. The molecule has 3 rings (SSSR count). The Hall–Kier alpha value is -1.27. The molecule has 0 spiro atoms. The van der Waals surface area contributed by atoms with E-state index in [4.69, 9.17) is 11.6 Å².